The van der Waals surface area contributed by atoms with Crippen molar-refractivity contribution < 1.29 is 9.18 Å². The van der Waals surface area contributed by atoms with Crippen molar-refractivity contribution in [3.05, 3.63) is 47.6 Å². The summed E-state index contributed by atoms with van der Waals surface area (Å²) in [6, 6.07) is 10.5. The van der Waals surface area contributed by atoms with Crippen molar-refractivity contribution in [2.24, 2.45) is 0 Å². The monoisotopic (exact) mass is 431 g/mol. The fourth-order valence-electron chi connectivity index (χ4n) is 3.35. The summed E-state index contributed by atoms with van der Waals surface area (Å²) in [6.45, 7) is 5.63. The summed E-state index contributed by atoms with van der Waals surface area (Å²) in [6.07, 6.45) is 0. The molecule has 1 aliphatic heterocycles. The fraction of sp³-hybridized carbons (Fsp3) is 0.350. The van der Waals surface area contributed by atoms with E-state index in [9.17, 15) is 9.18 Å². The van der Waals surface area contributed by atoms with Crippen LogP contribution in [0.25, 0.3) is 10.7 Å². The highest BCUT2D eigenvalue weighted by Crippen LogP contribution is 2.27. The number of piperazine rings is 1. The summed E-state index contributed by atoms with van der Waals surface area (Å²) in [4.78, 5) is 17.8. The Bertz CT molecular complexity index is 950. The van der Waals surface area contributed by atoms with E-state index in [1.165, 1.54) is 23.9 Å². The molecule has 0 unspecified atom stereocenters. The van der Waals surface area contributed by atoms with E-state index in [0.717, 1.165) is 41.2 Å². The van der Waals surface area contributed by atoms with Crippen molar-refractivity contribution in [1.29, 1.82) is 0 Å². The normalized spacial score (nSPS) is 14.4. The Morgan fingerprint density at radius 3 is 2.55 bits per heavy atom. The summed E-state index contributed by atoms with van der Waals surface area (Å²) >= 11 is 3.07. The molecule has 3 aromatic rings. The highest BCUT2D eigenvalue weighted by molar-refractivity contribution is 7.99. The summed E-state index contributed by atoms with van der Waals surface area (Å²) in [5.41, 5.74) is 0.991. The third-order valence-corrected chi connectivity index (χ3v) is 6.74. The molecule has 3 heterocycles. The van der Waals surface area contributed by atoms with Crippen LogP contribution in [0.1, 0.15) is 6.92 Å². The number of aromatic nitrogens is 3. The molecule has 29 heavy (non-hydrogen) atoms. The lowest BCUT2D eigenvalue weighted by Gasteiger charge is -2.36. The smallest absolute Gasteiger partial charge is 0.233 e. The Morgan fingerprint density at radius 2 is 1.90 bits per heavy atom. The molecule has 6 nitrogen and oxygen atoms in total. The first-order valence-corrected chi connectivity index (χ1v) is 11.4. The van der Waals surface area contributed by atoms with Crippen molar-refractivity contribution in [1.82, 2.24) is 19.7 Å². The molecule has 1 amide bonds. The molecule has 1 aromatic carbocycles. The predicted octanol–water partition coefficient (Wildman–Crippen LogP) is 3.61. The van der Waals surface area contributed by atoms with Crippen LogP contribution >= 0.6 is 23.1 Å². The topological polar surface area (TPSA) is 54.3 Å². The Balaban J connectivity index is 1.32. The van der Waals surface area contributed by atoms with Crippen molar-refractivity contribution >= 4 is 34.7 Å². The lowest BCUT2D eigenvalue weighted by Crippen LogP contribution is -2.49. The number of rotatable bonds is 6. The maximum atomic E-state index is 13.1. The first kappa shape index (κ1) is 19.9. The average Bonchev–Trinajstić information content (AvgIpc) is 3.42. The minimum Gasteiger partial charge on any atom is -0.368 e. The number of carbonyl (C=O) groups excluding carboxylic acids is 1. The second-order valence-corrected chi connectivity index (χ2v) is 8.55. The van der Waals surface area contributed by atoms with Gasteiger partial charge in [0.1, 0.15) is 5.82 Å². The lowest BCUT2D eigenvalue weighted by atomic mass is 10.2. The minimum absolute atomic E-state index is 0.108. The Labute approximate surface area is 177 Å². The van der Waals surface area contributed by atoms with Gasteiger partial charge in [0.25, 0.3) is 0 Å². The van der Waals surface area contributed by atoms with E-state index in [1.54, 1.807) is 23.5 Å². The number of amides is 1. The molecule has 1 aliphatic rings. The van der Waals surface area contributed by atoms with Gasteiger partial charge in [-0.3, -0.25) is 4.79 Å². The number of hydrogen-bond acceptors (Lipinski definition) is 6. The zero-order valence-corrected chi connectivity index (χ0v) is 17.8. The molecule has 0 N–H and O–H groups in total. The highest BCUT2D eigenvalue weighted by atomic mass is 32.2. The summed E-state index contributed by atoms with van der Waals surface area (Å²) < 4.78 is 15.1. The largest absolute Gasteiger partial charge is 0.368 e. The number of thiophene rings is 1. The maximum Gasteiger partial charge on any atom is 0.233 e. The molecule has 1 fully saturated rings. The van der Waals surface area contributed by atoms with Crippen LogP contribution in [0, 0.1) is 5.82 Å². The van der Waals surface area contributed by atoms with Gasteiger partial charge >= 0.3 is 0 Å². The van der Waals surface area contributed by atoms with E-state index in [1.807, 2.05) is 22.4 Å². The molecule has 0 spiro atoms. The van der Waals surface area contributed by atoms with Crippen LogP contribution in [0.3, 0.4) is 0 Å². The molecular weight excluding hydrogens is 409 g/mol. The van der Waals surface area contributed by atoms with Crippen LogP contribution in [0.4, 0.5) is 10.1 Å². The van der Waals surface area contributed by atoms with Crippen LogP contribution in [0.2, 0.25) is 0 Å². The van der Waals surface area contributed by atoms with Crippen LogP contribution in [0.5, 0.6) is 0 Å². The van der Waals surface area contributed by atoms with Gasteiger partial charge < -0.3 is 14.4 Å². The third-order valence-electron chi connectivity index (χ3n) is 4.92. The van der Waals surface area contributed by atoms with Crippen LogP contribution in [-0.2, 0) is 11.3 Å². The van der Waals surface area contributed by atoms with E-state index in [0.29, 0.717) is 18.8 Å². The van der Waals surface area contributed by atoms with Crippen molar-refractivity contribution in [2.75, 3.05) is 36.8 Å². The predicted molar refractivity (Wildman–Crippen MR) is 115 cm³/mol. The molecule has 9 heteroatoms. The van der Waals surface area contributed by atoms with E-state index >= 15 is 0 Å². The van der Waals surface area contributed by atoms with Crippen LogP contribution in [0.15, 0.2) is 46.9 Å². The maximum absolute atomic E-state index is 13.1. The average molecular weight is 432 g/mol. The highest BCUT2D eigenvalue weighted by Gasteiger charge is 2.22. The zero-order chi connectivity index (χ0) is 20.2. The number of anilines is 1. The number of thioether (sulfide) groups is 1. The Hall–Kier alpha value is -2.39. The van der Waals surface area contributed by atoms with Gasteiger partial charge in [-0.25, -0.2) is 4.39 Å². The summed E-state index contributed by atoms with van der Waals surface area (Å²) in [5, 5.41) is 11.4. The Morgan fingerprint density at radius 1 is 1.14 bits per heavy atom. The molecule has 0 bridgehead atoms. The standard InChI is InChI=1S/C20H22FN5OS2/c1-2-26-19(17-4-3-13-28-17)22-23-20(26)29-14-18(27)25-11-9-24(10-12-25)16-7-5-15(21)6-8-16/h3-8,13H,2,9-12,14H2,1H3. The van der Waals surface area contributed by atoms with Crippen LogP contribution < -0.4 is 4.90 Å². The summed E-state index contributed by atoms with van der Waals surface area (Å²) in [7, 11) is 0. The number of benzene rings is 1. The molecule has 1 saturated heterocycles. The first-order chi connectivity index (χ1) is 14.2. The number of halogens is 1. The van der Waals surface area contributed by atoms with E-state index in [-0.39, 0.29) is 11.7 Å². The zero-order valence-electron chi connectivity index (χ0n) is 16.1. The van der Waals surface area contributed by atoms with Crippen molar-refractivity contribution in [3.63, 3.8) is 0 Å². The fourth-order valence-corrected chi connectivity index (χ4v) is 4.97. The van der Waals surface area contributed by atoms with Gasteiger partial charge in [-0.2, -0.15) is 0 Å². The molecule has 152 valence electrons. The molecule has 0 radical (unpaired) electrons. The Kier molecular flexibility index (Phi) is 6.15. The van der Waals surface area contributed by atoms with E-state index < -0.39 is 0 Å². The van der Waals surface area contributed by atoms with Crippen LogP contribution in [-0.4, -0.2) is 57.5 Å². The van der Waals surface area contributed by atoms with Gasteiger partial charge in [0, 0.05) is 38.4 Å². The SMILES string of the molecule is CCn1c(SCC(=O)N2CCN(c3ccc(F)cc3)CC2)nnc1-c1cccs1. The number of hydrogen-bond donors (Lipinski definition) is 0. The van der Waals surface area contributed by atoms with Gasteiger partial charge in [-0.15, -0.1) is 21.5 Å². The molecule has 0 saturated carbocycles. The third kappa shape index (κ3) is 4.45. The van der Waals surface area contributed by atoms with Gasteiger partial charge in [0.05, 0.1) is 10.6 Å². The second kappa shape index (κ2) is 8.96. The van der Waals surface area contributed by atoms with Gasteiger partial charge in [0.15, 0.2) is 11.0 Å². The molecule has 0 aliphatic carbocycles. The first-order valence-electron chi connectivity index (χ1n) is 9.54. The van der Waals surface area contributed by atoms with Gasteiger partial charge in [-0.05, 0) is 42.6 Å². The molecule has 0 atom stereocenters. The molecule has 4 rings (SSSR count). The quantitative estimate of drug-likeness (QED) is 0.558. The number of nitrogens with zero attached hydrogens (tertiary/aromatic N) is 5. The molecular formula is C20H22FN5OS2. The van der Waals surface area contributed by atoms with Gasteiger partial charge in [-0.1, -0.05) is 17.8 Å². The van der Waals surface area contributed by atoms with E-state index in [2.05, 4.69) is 26.6 Å². The van der Waals surface area contributed by atoms with Crippen molar-refractivity contribution in [3.8, 4) is 10.7 Å². The second-order valence-electron chi connectivity index (χ2n) is 6.66. The van der Waals surface area contributed by atoms with Gasteiger partial charge in [0.2, 0.25) is 5.91 Å². The minimum atomic E-state index is -0.234. The van der Waals surface area contributed by atoms with Crippen molar-refractivity contribution in [2.45, 2.75) is 18.6 Å². The lowest BCUT2D eigenvalue weighted by molar-refractivity contribution is -0.128. The molecule has 2 aromatic heterocycles. The summed E-state index contributed by atoms with van der Waals surface area (Å²) in [5.74, 6) is 1.07. The number of carbonyl (C=O) groups is 1. The van der Waals surface area contributed by atoms with E-state index in [4.69, 9.17) is 0 Å².